The number of aromatic nitrogens is 3. The van der Waals surface area contributed by atoms with Crippen molar-refractivity contribution in [3.05, 3.63) is 69.2 Å². The lowest BCUT2D eigenvalue weighted by Gasteiger charge is -2.29. The predicted octanol–water partition coefficient (Wildman–Crippen LogP) is 7.83. The molecule has 4 rings (SSSR count). The number of Topliss-reactive ketones (excluding diaryl/α,β-unsaturated/α-hetero) is 1. The molecule has 3 heterocycles. The smallest absolute Gasteiger partial charge is 0.434 e. The van der Waals surface area contributed by atoms with Gasteiger partial charge in [0.15, 0.2) is 5.69 Å². The highest BCUT2D eigenvalue weighted by Crippen LogP contribution is 2.39. The normalized spacial score (nSPS) is 12.7. The summed E-state index contributed by atoms with van der Waals surface area (Å²) >= 11 is 0.790. The highest BCUT2D eigenvalue weighted by atomic mass is 32.1. The molecule has 0 aliphatic carbocycles. The molecule has 4 aromatic rings. The fourth-order valence-electron chi connectivity index (χ4n) is 5.28. The fourth-order valence-corrected chi connectivity index (χ4v) is 6.13. The van der Waals surface area contributed by atoms with Crippen molar-refractivity contribution in [2.75, 3.05) is 6.61 Å². The highest BCUT2D eigenvalue weighted by Gasteiger charge is 2.35. The number of hydrogen-bond donors (Lipinski definition) is 0. The lowest BCUT2D eigenvalue weighted by molar-refractivity contribution is -0.160. The molecule has 3 aromatic heterocycles. The third-order valence-electron chi connectivity index (χ3n) is 7.31. The van der Waals surface area contributed by atoms with Gasteiger partial charge < -0.3 is 14.0 Å². The second-order valence-corrected chi connectivity index (χ2v) is 13.5. The first-order valence-corrected chi connectivity index (χ1v) is 16.5. The van der Waals surface area contributed by atoms with E-state index in [1.807, 2.05) is 20.8 Å². The van der Waals surface area contributed by atoms with Crippen LogP contribution in [0, 0.1) is 5.92 Å². The van der Waals surface area contributed by atoms with Crippen LogP contribution in [0.4, 0.5) is 13.2 Å². The Kier molecular flexibility index (Phi) is 10.9. The van der Waals surface area contributed by atoms with E-state index in [-0.39, 0.29) is 40.7 Å². The zero-order chi connectivity index (χ0) is 35.6. The Bertz CT molecular complexity index is 1910. The van der Waals surface area contributed by atoms with Crippen LogP contribution < -0.4 is 5.43 Å². The van der Waals surface area contributed by atoms with Gasteiger partial charge in [0.05, 0.1) is 12.1 Å². The molecule has 9 nitrogen and oxygen atoms in total. The van der Waals surface area contributed by atoms with E-state index < -0.39 is 40.9 Å². The highest BCUT2D eigenvalue weighted by molar-refractivity contribution is 7.13. The van der Waals surface area contributed by atoms with Gasteiger partial charge in [-0.15, -0.1) is 11.3 Å². The van der Waals surface area contributed by atoms with Crippen LogP contribution >= 0.6 is 11.3 Å². The third kappa shape index (κ3) is 8.18. The van der Waals surface area contributed by atoms with E-state index in [1.54, 1.807) is 39.8 Å². The van der Waals surface area contributed by atoms with Gasteiger partial charge in [0.2, 0.25) is 5.43 Å². The van der Waals surface area contributed by atoms with Crippen molar-refractivity contribution >= 4 is 40.0 Å². The van der Waals surface area contributed by atoms with Gasteiger partial charge in [-0.1, -0.05) is 26.8 Å². The van der Waals surface area contributed by atoms with Crippen LogP contribution in [-0.2, 0) is 31.7 Å². The number of carbonyl (C=O) groups is 3. The van der Waals surface area contributed by atoms with Crippen molar-refractivity contribution in [3.8, 4) is 21.7 Å². The van der Waals surface area contributed by atoms with Crippen LogP contribution in [0.2, 0.25) is 0 Å². The Labute approximate surface area is 280 Å². The minimum Gasteiger partial charge on any atom is -0.462 e. The van der Waals surface area contributed by atoms with E-state index in [0.717, 1.165) is 16.7 Å². The third-order valence-corrected chi connectivity index (χ3v) is 8.19. The maximum Gasteiger partial charge on any atom is 0.434 e. The van der Waals surface area contributed by atoms with Gasteiger partial charge in [-0.3, -0.25) is 14.6 Å². The average molecular weight is 686 g/mol. The van der Waals surface area contributed by atoms with E-state index in [4.69, 9.17) is 9.47 Å². The summed E-state index contributed by atoms with van der Waals surface area (Å²) in [6.45, 7) is 12.3. The molecular formula is C35H38F3N3O6S. The van der Waals surface area contributed by atoms with E-state index in [1.165, 1.54) is 29.1 Å². The van der Waals surface area contributed by atoms with Crippen molar-refractivity contribution in [2.45, 2.75) is 85.5 Å². The molecule has 0 saturated carbocycles. The maximum atomic E-state index is 13.9. The number of halogens is 3. The van der Waals surface area contributed by atoms with Crippen molar-refractivity contribution in [3.63, 3.8) is 0 Å². The lowest BCUT2D eigenvalue weighted by atomic mass is 9.97. The van der Waals surface area contributed by atoms with E-state index >= 15 is 0 Å². The Morgan fingerprint density at radius 2 is 1.75 bits per heavy atom. The first-order valence-electron chi connectivity index (χ1n) is 15.6. The summed E-state index contributed by atoms with van der Waals surface area (Å²) in [7, 11) is 0. The summed E-state index contributed by atoms with van der Waals surface area (Å²) in [5.74, 6) is -1.83. The standard InChI is InChI=1S/C35H38F3N3O6S/c1-8-10-22(42)14-21-15-23(31-40-28(18-48-31)35(36,37)38)25(16-39-21)20-11-12-27-24(13-20)30(43)26(32(44)46-9-2)17-41(27)29(19(3)4)33(45)47-34(5,6)7/h11-13,15-19,29H,8-10,14H2,1-7H3/t29-/m0/s1. The molecule has 0 aliphatic rings. The average Bonchev–Trinajstić information content (AvgIpc) is 3.49. The Morgan fingerprint density at radius 1 is 1.04 bits per heavy atom. The minimum atomic E-state index is -4.67. The Hall–Kier alpha value is -4.39. The molecule has 0 saturated heterocycles. The number of thiazole rings is 1. The molecule has 256 valence electrons. The van der Waals surface area contributed by atoms with Gasteiger partial charge in [0.1, 0.15) is 28.0 Å². The maximum absolute atomic E-state index is 13.9. The number of hydrogen-bond acceptors (Lipinski definition) is 9. The molecule has 0 bridgehead atoms. The van der Waals surface area contributed by atoms with Gasteiger partial charge in [-0.25, -0.2) is 14.6 Å². The Balaban J connectivity index is 1.99. The van der Waals surface area contributed by atoms with Gasteiger partial charge >= 0.3 is 18.1 Å². The largest absolute Gasteiger partial charge is 0.462 e. The molecule has 1 atom stereocenters. The van der Waals surface area contributed by atoms with E-state index in [2.05, 4.69) is 9.97 Å². The summed E-state index contributed by atoms with van der Waals surface area (Å²) in [6, 6.07) is 5.36. The zero-order valence-electron chi connectivity index (χ0n) is 27.9. The first kappa shape index (κ1) is 36.4. The molecule has 0 spiro atoms. The number of rotatable bonds is 11. The van der Waals surface area contributed by atoms with Crippen LogP contribution in [-0.4, -0.2) is 44.5 Å². The quantitative estimate of drug-likeness (QED) is 0.147. The molecule has 1 aromatic carbocycles. The molecule has 0 aliphatic heterocycles. The molecule has 0 unspecified atom stereocenters. The summed E-state index contributed by atoms with van der Waals surface area (Å²) < 4.78 is 53.0. The summed E-state index contributed by atoms with van der Waals surface area (Å²) in [5, 5.41) is 1.02. The molecular weight excluding hydrogens is 647 g/mol. The van der Waals surface area contributed by atoms with Gasteiger partial charge in [-0.2, -0.15) is 13.2 Å². The van der Waals surface area contributed by atoms with Gasteiger partial charge in [0, 0.05) is 52.8 Å². The van der Waals surface area contributed by atoms with Crippen molar-refractivity contribution < 1.29 is 37.0 Å². The summed E-state index contributed by atoms with van der Waals surface area (Å²) in [6.07, 6.45) is -0.967. The minimum absolute atomic E-state index is 0.00584. The number of ketones is 1. The number of nitrogens with zero attached hydrogens (tertiary/aromatic N) is 3. The monoisotopic (exact) mass is 685 g/mol. The number of benzene rings is 1. The van der Waals surface area contributed by atoms with Crippen LogP contribution in [0.5, 0.6) is 0 Å². The molecule has 0 radical (unpaired) electrons. The number of alkyl halides is 3. The number of esters is 2. The summed E-state index contributed by atoms with van der Waals surface area (Å²) in [5.41, 5.74) is -1.10. The number of carbonyl (C=O) groups excluding carboxylic acids is 3. The van der Waals surface area contributed by atoms with Crippen molar-refractivity contribution in [1.82, 2.24) is 14.5 Å². The summed E-state index contributed by atoms with van der Waals surface area (Å²) in [4.78, 5) is 61.1. The van der Waals surface area contributed by atoms with Gasteiger partial charge in [0.25, 0.3) is 0 Å². The molecule has 13 heteroatoms. The first-order chi connectivity index (χ1) is 22.4. The van der Waals surface area contributed by atoms with Crippen LogP contribution in [0.15, 0.2) is 46.8 Å². The molecule has 0 fully saturated rings. The lowest BCUT2D eigenvalue weighted by Crippen LogP contribution is -2.34. The zero-order valence-corrected chi connectivity index (χ0v) is 28.7. The SMILES string of the molecule is CCCC(=O)Cc1cc(-c2nc(C(F)(F)F)cs2)c(-c2ccc3c(c2)c(=O)c(C(=O)OCC)cn3[C@H](C(=O)OC(C)(C)C)C(C)C)cn1. The number of ether oxygens (including phenoxy) is 2. The van der Waals surface area contributed by atoms with E-state index in [0.29, 0.717) is 40.7 Å². The second-order valence-electron chi connectivity index (χ2n) is 12.7. The number of pyridine rings is 2. The fraction of sp³-hybridized carbons (Fsp3) is 0.429. The van der Waals surface area contributed by atoms with Gasteiger partial charge in [-0.05, 0) is 63.8 Å². The Morgan fingerprint density at radius 3 is 2.33 bits per heavy atom. The predicted molar refractivity (Wildman–Crippen MR) is 177 cm³/mol. The second kappa shape index (κ2) is 14.4. The molecule has 0 amide bonds. The molecule has 0 N–H and O–H groups in total. The van der Waals surface area contributed by atoms with Crippen LogP contribution in [0.3, 0.4) is 0 Å². The topological polar surface area (TPSA) is 117 Å². The van der Waals surface area contributed by atoms with Crippen molar-refractivity contribution in [2.24, 2.45) is 5.92 Å². The van der Waals surface area contributed by atoms with E-state index in [9.17, 15) is 32.3 Å². The van der Waals surface area contributed by atoms with Crippen molar-refractivity contribution in [1.29, 1.82) is 0 Å². The van der Waals surface area contributed by atoms with Crippen LogP contribution in [0.25, 0.3) is 32.6 Å². The number of fused-ring (bicyclic) bond motifs is 1. The van der Waals surface area contributed by atoms with Crippen LogP contribution in [0.1, 0.15) is 89.1 Å². The molecule has 48 heavy (non-hydrogen) atoms.